The van der Waals surface area contributed by atoms with Crippen molar-refractivity contribution in [2.45, 2.75) is 24.4 Å². The maximum Gasteiger partial charge on any atom is 0.322 e. The SMILES string of the molecule is COc1ccc(NC(=O)N2CCc3onc(C(=O)NCc4ccc(S(N)(=O)=O)cc4)c3C2)cc1. The van der Waals surface area contributed by atoms with Crippen LogP contribution < -0.4 is 20.5 Å². The number of methoxy groups -OCH3 is 1. The molecular formula is C22H23N5O6S. The van der Waals surface area contributed by atoms with Crippen molar-refractivity contribution in [2.75, 3.05) is 19.0 Å². The lowest BCUT2D eigenvalue weighted by atomic mass is 10.1. The highest BCUT2D eigenvalue weighted by atomic mass is 32.2. The number of primary sulfonamides is 1. The number of fused-ring (bicyclic) bond motifs is 1. The number of carbonyl (C=O) groups is 2. The third-order valence-corrected chi connectivity index (χ3v) is 6.31. The Labute approximate surface area is 195 Å². The van der Waals surface area contributed by atoms with Crippen molar-refractivity contribution in [1.82, 2.24) is 15.4 Å². The monoisotopic (exact) mass is 485 g/mol. The molecule has 1 aliphatic rings. The van der Waals surface area contributed by atoms with Crippen LogP contribution in [0.3, 0.4) is 0 Å². The molecule has 178 valence electrons. The number of hydrogen-bond acceptors (Lipinski definition) is 7. The van der Waals surface area contributed by atoms with E-state index in [4.69, 9.17) is 14.4 Å². The molecule has 0 aliphatic carbocycles. The van der Waals surface area contributed by atoms with Crippen LogP contribution >= 0.6 is 0 Å². The van der Waals surface area contributed by atoms with Crippen molar-refractivity contribution in [3.05, 3.63) is 71.1 Å². The molecule has 0 spiro atoms. The molecule has 2 heterocycles. The minimum absolute atomic E-state index is 0.0128. The Morgan fingerprint density at radius 3 is 2.50 bits per heavy atom. The highest BCUT2D eigenvalue weighted by Gasteiger charge is 2.29. The van der Waals surface area contributed by atoms with Crippen LogP contribution in [0.5, 0.6) is 5.75 Å². The maximum absolute atomic E-state index is 12.7. The lowest BCUT2D eigenvalue weighted by Crippen LogP contribution is -2.39. The molecule has 11 nitrogen and oxygen atoms in total. The van der Waals surface area contributed by atoms with E-state index in [2.05, 4.69) is 15.8 Å². The van der Waals surface area contributed by atoms with Gasteiger partial charge in [-0.3, -0.25) is 4.79 Å². The van der Waals surface area contributed by atoms with Crippen molar-refractivity contribution < 1.29 is 27.3 Å². The molecule has 1 aliphatic heterocycles. The first-order valence-corrected chi connectivity index (χ1v) is 11.9. The number of urea groups is 1. The van der Waals surface area contributed by atoms with Gasteiger partial charge in [0.2, 0.25) is 10.0 Å². The fourth-order valence-corrected chi connectivity index (χ4v) is 4.02. The van der Waals surface area contributed by atoms with Crippen molar-refractivity contribution in [3.63, 3.8) is 0 Å². The number of carbonyl (C=O) groups excluding carboxylic acids is 2. The number of rotatable bonds is 6. The summed E-state index contributed by atoms with van der Waals surface area (Å²) in [6.07, 6.45) is 0.431. The predicted molar refractivity (Wildman–Crippen MR) is 122 cm³/mol. The minimum atomic E-state index is -3.78. The highest BCUT2D eigenvalue weighted by Crippen LogP contribution is 2.24. The Morgan fingerprint density at radius 2 is 1.85 bits per heavy atom. The molecule has 0 atom stereocenters. The topological polar surface area (TPSA) is 157 Å². The van der Waals surface area contributed by atoms with Gasteiger partial charge in [0.1, 0.15) is 11.5 Å². The van der Waals surface area contributed by atoms with Gasteiger partial charge in [-0.05, 0) is 42.0 Å². The van der Waals surface area contributed by atoms with Crippen LogP contribution in [-0.4, -0.2) is 44.1 Å². The van der Waals surface area contributed by atoms with E-state index in [0.717, 1.165) is 0 Å². The van der Waals surface area contributed by atoms with Gasteiger partial charge in [-0.1, -0.05) is 17.3 Å². The molecule has 12 heteroatoms. The Hall–Kier alpha value is -3.90. The minimum Gasteiger partial charge on any atom is -0.497 e. The zero-order chi connectivity index (χ0) is 24.3. The predicted octanol–water partition coefficient (Wildman–Crippen LogP) is 1.85. The largest absolute Gasteiger partial charge is 0.497 e. The molecule has 4 N–H and O–H groups in total. The number of nitrogens with one attached hydrogen (secondary N) is 2. The van der Waals surface area contributed by atoms with Gasteiger partial charge < -0.3 is 24.8 Å². The van der Waals surface area contributed by atoms with Gasteiger partial charge in [0.15, 0.2) is 5.69 Å². The summed E-state index contributed by atoms with van der Waals surface area (Å²) < 4.78 is 33.2. The standard InChI is InChI=1S/C22H23N5O6S/c1-32-16-6-4-15(5-7-16)25-22(29)27-11-10-19-18(13-27)20(26-33-19)21(28)24-12-14-2-8-17(9-3-14)34(23,30)31/h2-9H,10-13H2,1H3,(H,24,28)(H,25,29)(H2,23,30,31). The van der Waals surface area contributed by atoms with E-state index < -0.39 is 15.9 Å². The average molecular weight is 486 g/mol. The summed E-state index contributed by atoms with van der Waals surface area (Å²) in [5.41, 5.74) is 1.96. The van der Waals surface area contributed by atoms with Crippen molar-refractivity contribution in [3.8, 4) is 5.75 Å². The number of hydrogen-bond donors (Lipinski definition) is 3. The van der Waals surface area contributed by atoms with Crippen LogP contribution in [0.1, 0.15) is 27.4 Å². The van der Waals surface area contributed by atoms with Crippen LogP contribution in [0.2, 0.25) is 0 Å². The van der Waals surface area contributed by atoms with Crippen molar-refractivity contribution in [1.29, 1.82) is 0 Å². The average Bonchev–Trinajstić information content (AvgIpc) is 3.26. The molecule has 0 unspecified atom stereocenters. The fraction of sp³-hybridized carbons (Fsp3) is 0.227. The second-order valence-electron chi connectivity index (χ2n) is 7.63. The molecule has 1 aromatic heterocycles. The summed E-state index contributed by atoms with van der Waals surface area (Å²) in [5, 5.41) is 14.5. The summed E-state index contributed by atoms with van der Waals surface area (Å²) in [5.74, 6) is 0.787. The Bertz CT molecular complexity index is 1300. The molecule has 0 radical (unpaired) electrons. The molecule has 0 saturated carbocycles. The lowest BCUT2D eigenvalue weighted by Gasteiger charge is -2.26. The van der Waals surface area contributed by atoms with E-state index in [1.165, 1.54) is 12.1 Å². The Kier molecular flexibility index (Phi) is 6.52. The first kappa shape index (κ1) is 23.3. The molecule has 4 rings (SSSR count). The van der Waals surface area contributed by atoms with E-state index in [9.17, 15) is 18.0 Å². The maximum atomic E-state index is 12.7. The van der Waals surface area contributed by atoms with E-state index in [1.807, 2.05) is 0 Å². The van der Waals surface area contributed by atoms with E-state index in [1.54, 1.807) is 48.4 Å². The van der Waals surface area contributed by atoms with Crippen molar-refractivity contribution in [2.24, 2.45) is 5.14 Å². The second kappa shape index (κ2) is 9.53. The molecule has 3 amide bonds. The molecular weight excluding hydrogens is 462 g/mol. The number of sulfonamides is 1. The third-order valence-electron chi connectivity index (χ3n) is 5.38. The number of aromatic nitrogens is 1. The number of ether oxygens (including phenoxy) is 1. The van der Waals surface area contributed by atoms with E-state index >= 15 is 0 Å². The number of nitrogens with zero attached hydrogens (tertiary/aromatic N) is 2. The lowest BCUT2D eigenvalue weighted by molar-refractivity contribution is 0.0940. The van der Waals surface area contributed by atoms with Gasteiger partial charge in [0.05, 0.1) is 18.6 Å². The zero-order valence-corrected chi connectivity index (χ0v) is 19.1. The molecule has 0 bridgehead atoms. The Balaban J connectivity index is 1.39. The van der Waals surface area contributed by atoms with E-state index in [0.29, 0.717) is 41.3 Å². The third kappa shape index (κ3) is 5.18. The summed E-state index contributed by atoms with van der Waals surface area (Å²) in [6.45, 7) is 0.737. The normalized spacial score (nSPS) is 13.2. The van der Waals surface area contributed by atoms with Crippen LogP contribution in [0.15, 0.2) is 57.9 Å². The van der Waals surface area contributed by atoms with Gasteiger partial charge in [0.25, 0.3) is 5.91 Å². The van der Waals surface area contributed by atoms with Crippen LogP contribution in [0.25, 0.3) is 0 Å². The molecule has 2 aromatic carbocycles. The van der Waals surface area contributed by atoms with Crippen molar-refractivity contribution >= 4 is 27.6 Å². The van der Waals surface area contributed by atoms with Crippen LogP contribution in [0, 0.1) is 0 Å². The van der Waals surface area contributed by atoms with Crippen LogP contribution in [0.4, 0.5) is 10.5 Å². The molecule has 3 aromatic rings. The van der Waals surface area contributed by atoms with Gasteiger partial charge in [0, 0.05) is 30.8 Å². The molecule has 0 saturated heterocycles. The second-order valence-corrected chi connectivity index (χ2v) is 9.20. The highest BCUT2D eigenvalue weighted by molar-refractivity contribution is 7.89. The smallest absolute Gasteiger partial charge is 0.322 e. The Morgan fingerprint density at radius 1 is 1.15 bits per heavy atom. The first-order valence-electron chi connectivity index (χ1n) is 10.3. The first-order chi connectivity index (χ1) is 16.2. The number of nitrogens with two attached hydrogens (primary N) is 1. The van der Waals surface area contributed by atoms with Gasteiger partial charge in [-0.2, -0.15) is 0 Å². The summed E-state index contributed by atoms with van der Waals surface area (Å²) >= 11 is 0. The number of anilines is 1. The molecule has 34 heavy (non-hydrogen) atoms. The summed E-state index contributed by atoms with van der Waals surface area (Å²) in [6, 6.07) is 12.5. The van der Waals surface area contributed by atoms with Gasteiger partial charge in [-0.25, -0.2) is 18.4 Å². The van der Waals surface area contributed by atoms with Gasteiger partial charge >= 0.3 is 6.03 Å². The number of benzene rings is 2. The fourth-order valence-electron chi connectivity index (χ4n) is 3.50. The van der Waals surface area contributed by atoms with E-state index in [-0.39, 0.29) is 29.7 Å². The quantitative estimate of drug-likeness (QED) is 0.481. The summed E-state index contributed by atoms with van der Waals surface area (Å²) in [7, 11) is -2.22. The summed E-state index contributed by atoms with van der Waals surface area (Å²) in [4.78, 5) is 27.0. The van der Waals surface area contributed by atoms with Gasteiger partial charge in [-0.15, -0.1) is 0 Å². The number of amides is 3. The molecule has 0 fully saturated rings. The van der Waals surface area contributed by atoms with Crippen LogP contribution in [-0.2, 0) is 29.5 Å². The zero-order valence-electron chi connectivity index (χ0n) is 18.3.